The van der Waals surface area contributed by atoms with Crippen LogP contribution in [0.4, 0.5) is 5.69 Å². The zero-order chi connectivity index (χ0) is 14.9. The first-order valence-corrected chi connectivity index (χ1v) is 7.18. The number of nitrogens with one attached hydrogen (secondary N) is 1. The van der Waals surface area contributed by atoms with Crippen molar-refractivity contribution >= 4 is 5.69 Å². The fourth-order valence-corrected chi connectivity index (χ4v) is 2.02. The van der Waals surface area contributed by atoms with Gasteiger partial charge in [0.25, 0.3) is 0 Å². The van der Waals surface area contributed by atoms with Crippen molar-refractivity contribution in [3.05, 3.63) is 42.2 Å². The Balaban J connectivity index is 1.87. The number of unbranched alkanes of at least 4 members (excludes halogenated alkanes) is 1. The number of aryl methyl sites for hydroxylation is 1. The van der Waals surface area contributed by atoms with Gasteiger partial charge in [0.1, 0.15) is 5.75 Å². The molecule has 5 heteroatoms. The van der Waals surface area contributed by atoms with Crippen LogP contribution in [0.15, 0.2) is 36.5 Å². The lowest BCUT2D eigenvalue weighted by atomic mass is 10.3. The average Bonchev–Trinajstić information content (AvgIpc) is 2.97. The Bertz CT molecular complexity index is 600. The molecule has 1 heterocycles. The van der Waals surface area contributed by atoms with Crippen molar-refractivity contribution in [1.82, 2.24) is 9.78 Å². The second-order valence-electron chi connectivity index (χ2n) is 4.63. The van der Waals surface area contributed by atoms with Crippen molar-refractivity contribution in [1.29, 1.82) is 5.26 Å². The summed E-state index contributed by atoms with van der Waals surface area (Å²) in [5, 5.41) is 16.1. The monoisotopic (exact) mass is 284 g/mol. The van der Waals surface area contributed by atoms with Crippen LogP contribution < -0.4 is 10.1 Å². The van der Waals surface area contributed by atoms with Crippen LogP contribution in [0.2, 0.25) is 0 Å². The standard InChI is InChI=1S/C16H20N4O/c1-2-20-15(8-10-19-20)13-18-14-6-5-7-16(12-14)21-11-4-3-9-17/h5-8,10,12,18H,2-4,11,13H2,1H3. The molecule has 0 aliphatic rings. The van der Waals surface area contributed by atoms with E-state index in [1.54, 1.807) is 0 Å². The van der Waals surface area contributed by atoms with Gasteiger partial charge >= 0.3 is 0 Å². The molecule has 0 saturated carbocycles. The van der Waals surface area contributed by atoms with E-state index in [1.807, 2.05) is 41.2 Å². The predicted octanol–water partition coefficient (Wildman–Crippen LogP) is 3.20. The number of hydrogen-bond acceptors (Lipinski definition) is 4. The van der Waals surface area contributed by atoms with Crippen molar-refractivity contribution in [2.45, 2.75) is 32.9 Å². The van der Waals surface area contributed by atoms with Crippen LogP contribution in [-0.2, 0) is 13.1 Å². The SMILES string of the molecule is CCn1nccc1CNc1cccc(OCCCC#N)c1. The highest BCUT2D eigenvalue weighted by molar-refractivity contribution is 5.48. The Labute approximate surface area is 125 Å². The third-order valence-corrected chi connectivity index (χ3v) is 3.11. The first-order chi connectivity index (χ1) is 10.3. The Morgan fingerprint density at radius 1 is 1.38 bits per heavy atom. The van der Waals surface area contributed by atoms with E-state index in [-0.39, 0.29) is 0 Å². The maximum atomic E-state index is 8.49. The quantitative estimate of drug-likeness (QED) is 0.756. The van der Waals surface area contributed by atoms with Crippen LogP contribution in [-0.4, -0.2) is 16.4 Å². The van der Waals surface area contributed by atoms with Crippen molar-refractivity contribution in [3.63, 3.8) is 0 Å². The Morgan fingerprint density at radius 3 is 3.10 bits per heavy atom. The lowest BCUT2D eigenvalue weighted by molar-refractivity contribution is 0.313. The molecule has 1 aromatic heterocycles. The van der Waals surface area contributed by atoms with E-state index in [4.69, 9.17) is 10.00 Å². The molecule has 0 fully saturated rings. The summed E-state index contributed by atoms with van der Waals surface area (Å²) in [7, 11) is 0. The maximum Gasteiger partial charge on any atom is 0.121 e. The van der Waals surface area contributed by atoms with Crippen LogP contribution in [0.1, 0.15) is 25.5 Å². The van der Waals surface area contributed by atoms with E-state index in [0.717, 1.165) is 36.6 Å². The molecule has 0 atom stereocenters. The highest BCUT2D eigenvalue weighted by Gasteiger charge is 2.01. The summed E-state index contributed by atoms with van der Waals surface area (Å²) in [4.78, 5) is 0. The van der Waals surface area contributed by atoms with Gasteiger partial charge in [0, 0.05) is 30.9 Å². The molecule has 0 bridgehead atoms. The minimum atomic E-state index is 0.527. The second kappa shape index (κ2) is 7.95. The smallest absolute Gasteiger partial charge is 0.121 e. The summed E-state index contributed by atoms with van der Waals surface area (Å²) in [6.45, 7) is 4.24. The molecule has 2 rings (SSSR count). The van der Waals surface area contributed by atoms with E-state index in [2.05, 4.69) is 23.4 Å². The van der Waals surface area contributed by atoms with Gasteiger partial charge in [-0.3, -0.25) is 4.68 Å². The second-order valence-corrected chi connectivity index (χ2v) is 4.63. The molecule has 1 aromatic carbocycles. The summed E-state index contributed by atoms with van der Waals surface area (Å²) in [5.41, 5.74) is 2.16. The number of aromatic nitrogens is 2. The van der Waals surface area contributed by atoms with Gasteiger partial charge in [0.2, 0.25) is 0 Å². The zero-order valence-electron chi connectivity index (χ0n) is 12.2. The molecule has 110 valence electrons. The highest BCUT2D eigenvalue weighted by atomic mass is 16.5. The van der Waals surface area contributed by atoms with Crippen LogP contribution >= 0.6 is 0 Å². The minimum absolute atomic E-state index is 0.527. The zero-order valence-corrected chi connectivity index (χ0v) is 12.2. The van der Waals surface area contributed by atoms with Gasteiger partial charge in [-0.25, -0.2) is 0 Å². The van der Waals surface area contributed by atoms with Crippen LogP contribution in [0.3, 0.4) is 0 Å². The summed E-state index contributed by atoms with van der Waals surface area (Å²) >= 11 is 0. The third kappa shape index (κ3) is 4.53. The van der Waals surface area contributed by atoms with Crippen LogP contribution in [0.5, 0.6) is 5.75 Å². The van der Waals surface area contributed by atoms with Crippen molar-refractivity contribution in [3.8, 4) is 11.8 Å². The number of nitrogens with zero attached hydrogens (tertiary/aromatic N) is 3. The van der Waals surface area contributed by atoms with E-state index < -0.39 is 0 Å². The summed E-state index contributed by atoms with van der Waals surface area (Å²) < 4.78 is 7.59. The molecule has 0 radical (unpaired) electrons. The first-order valence-electron chi connectivity index (χ1n) is 7.18. The number of anilines is 1. The number of ether oxygens (including phenoxy) is 1. The maximum absolute atomic E-state index is 8.49. The molecule has 0 aliphatic heterocycles. The van der Waals surface area contributed by atoms with Gasteiger partial charge in [0.15, 0.2) is 0 Å². The largest absolute Gasteiger partial charge is 0.493 e. The molecule has 0 aliphatic carbocycles. The number of rotatable bonds is 8. The molecule has 1 N–H and O–H groups in total. The predicted molar refractivity (Wildman–Crippen MR) is 82.0 cm³/mol. The van der Waals surface area contributed by atoms with Crippen LogP contribution in [0.25, 0.3) is 0 Å². The Morgan fingerprint density at radius 2 is 2.29 bits per heavy atom. The fraction of sp³-hybridized carbons (Fsp3) is 0.375. The fourth-order valence-electron chi connectivity index (χ4n) is 2.02. The number of benzene rings is 1. The summed E-state index contributed by atoms with van der Waals surface area (Å²) in [5.74, 6) is 0.821. The van der Waals surface area contributed by atoms with Gasteiger partial charge in [-0.05, 0) is 31.5 Å². The molecule has 0 spiro atoms. The van der Waals surface area contributed by atoms with Gasteiger partial charge in [0.05, 0.1) is 24.9 Å². The molecule has 0 unspecified atom stereocenters. The minimum Gasteiger partial charge on any atom is -0.493 e. The molecule has 5 nitrogen and oxygen atoms in total. The Hall–Kier alpha value is -2.48. The summed E-state index contributed by atoms with van der Waals surface area (Å²) in [6.07, 6.45) is 3.10. The molecule has 0 amide bonds. The van der Waals surface area contributed by atoms with Gasteiger partial charge in [-0.1, -0.05) is 6.07 Å². The number of hydrogen-bond donors (Lipinski definition) is 1. The van der Waals surface area contributed by atoms with Gasteiger partial charge < -0.3 is 10.1 Å². The van der Waals surface area contributed by atoms with Crippen molar-refractivity contribution in [2.75, 3.05) is 11.9 Å². The van der Waals surface area contributed by atoms with Crippen LogP contribution in [0, 0.1) is 11.3 Å². The van der Waals surface area contributed by atoms with Gasteiger partial charge in [-0.2, -0.15) is 10.4 Å². The molecular formula is C16H20N4O. The lowest BCUT2D eigenvalue weighted by Crippen LogP contribution is -2.07. The highest BCUT2D eigenvalue weighted by Crippen LogP contribution is 2.18. The van der Waals surface area contributed by atoms with Crippen molar-refractivity contribution in [2.24, 2.45) is 0 Å². The Kier molecular flexibility index (Phi) is 5.65. The lowest BCUT2D eigenvalue weighted by Gasteiger charge is -2.10. The molecular weight excluding hydrogens is 264 g/mol. The summed E-state index contributed by atoms with van der Waals surface area (Å²) in [6, 6.07) is 12.0. The van der Waals surface area contributed by atoms with Gasteiger partial charge in [-0.15, -0.1) is 0 Å². The topological polar surface area (TPSA) is 62.9 Å². The molecule has 21 heavy (non-hydrogen) atoms. The average molecular weight is 284 g/mol. The van der Waals surface area contributed by atoms with E-state index in [1.165, 1.54) is 0 Å². The van der Waals surface area contributed by atoms with E-state index in [0.29, 0.717) is 13.0 Å². The van der Waals surface area contributed by atoms with Crippen molar-refractivity contribution < 1.29 is 4.74 Å². The first kappa shape index (κ1) is 14.9. The van der Waals surface area contributed by atoms with E-state index >= 15 is 0 Å². The van der Waals surface area contributed by atoms with E-state index in [9.17, 15) is 0 Å². The number of nitriles is 1. The molecule has 0 saturated heterocycles. The normalized spacial score (nSPS) is 10.1. The molecule has 2 aromatic rings. The third-order valence-electron chi connectivity index (χ3n) is 3.11.